The van der Waals surface area contributed by atoms with E-state index in [4.69, 9.17) is 9.72 Å². The zero-order valence-corrected chi connectivity index (χ0v) is 18.3. The first-order valence-corrected chi connectivity index (χ1v) is 10.9. The summed E-state index contributed by atoms with van der Waals surface area (Å²) in [5.41, 5.74) is 4.32. The SMILES string of the molecule is COCCN(Cc1cc2ccc(F)cc2nc1-c1ccc(C)cc1)C(=O)c1cccs1. The second-order valence-corrected chi connectivity index (χ2v) is 8.34. The molecule has 158 valence electrons. The minimum Gasteiger partial charge on any atom is -0.383 e. The van der Waals surface area contributed by atoms with Gasteiger partial charge in [-0.3, -0.25) is 4.79 Å². The van der Waals surface area contributed by atoms with Crippen molar-refractivity contribution in [2.24, 2.45) is 0 Å². The Hall–Kier alpha value is -3.09. The average molecular weight is 435 g/mol. The maximum absolute atomic E-state index is 13.8. The van der Waals surface area contributed by atoms with Gasteiger partial charge in [-0.05, 0) is 42.1 Å². The van der Waals surface area contributed by atoms with Gasteiger partial charge in [0.05, 0.1) is 22.7 Å². The number of amides is 1. The molecule has 0 aliphatic rings. The van der Waals surface area contributed by atoms with Crippen LogP contribution in [0.4, 0.5) is 4.39 Å². The lowest BCUT2D eigenvalue weighted by Gasteiger charge is -2.23. The summed E-state index contributed by atoms with van der Waals surface area (Å²) in [6.07, 6.45) is 0. The minimum atomic E-state index is -0.322. The number of aryl methyl sites for hydroxylation is 1. The predicted molar refractivity (Wildman–Crippen MR) is 123 cm³/mol. The number of methoxy groups -OCH3 is 1. The number of pyridine rings is 1. The molecule has 6 heteroatoms. The number of carbonyl (C=O) groups excluding carboxylic acids is 1. The van der Waals surface area contributed by atoms with Crippen LogP contribution in [0.2, 0.25) is 0 Å². The number of ether oxygens (including phenoxy) is 1. The molecule has 0 aliphatic heterocycles. The van der Waals surface area contributed by atoms with E-state index in [1.165, 1.54) is 23.5 Å². The molecule has 4 nitrogen and oxygen atoms in total. The molecule has 2 aromatic heterocycles. The van der Waals surface area contributed by atoms with Gasteiger partial charge in [0, 0.05) is 37.2 Å². The fourth-order valence-corrected chi connectivity index (χ4v) is 4.17. The Morgan fingerprint density at radius 1 is 1.13 bits per heavy atom. The van der Waals surface area contributed by atoms with Crippen molar-refractivity contribution in [1.29, 1.82) is 0 Å². The highest BCUT2D eigenvalue weighted by Crippen LogP contribution is 2.28. The summed E-state index contributed by atoms with van der Waals surface area (Å²) in [6, 6.07) is 18.4. The zero-order valence-electron chi connectivity index (χ0n) is 17.5. The fraction of sp³-hybridized carbons (Fsp3) is 0.200. The quantitative estimate of drug-likeness (QED) is 0.375. The van der Waals surface area contributed by atoms with Crippen LogP contribution >= 0.6 is 11.3 Å². The first kappa shape index (κ1) is 21.2. The van der Waals surface area contributed by atoms with Gasteiger partial charge in [-0.15, -0.1) is 11.3 Å². The molecule has 0 fully saturated rings. The molecule has 0 aliphatic carbocycles. The van der Waals surface area contributed by atoms with E-state index >= 15 is 0 Å². The molecule has 0 saturated carbocycles. The number of thiophene rings is 1. The molecular weight excluding hydrogens is 411 g/mol. The van der Waals surface area contributed by atoms with Crippen LogP contribution in [0.25, 0.3) is 22.2 Å². The van der Waals surface area contributed by atoms with E-state index in [1.807, 2.05) is 54.8 Å². The van der Waals surface area contributed by atoms with Gasteiger partial charge >= 0.3 is 0 Å². The van der Waals surface area contributed by atoms with Gasteiger partial charge in [-0.25, -0.2) is 9.37 Å². The highest BCUT2D eigenvalue weighted by molar-refractivity contribution is 7.12. The molecule has 0 spiro atoms. The highest BCUT2D eigenvalue weighted by Gasteiger charge is 2.20. The smallest absolute Gasteiger partial charge is 0.264 e. The van der Waals surface area contributed by atoms with Crippen molar-refractivity contribution in [3.05, 3.63) is 87.9 Å². The van der Waals surface area contributed by atoms with Crippen molar-refractivity contribution in [3.8, 4) is 11.3 Å². The van der Waals surface area contributed by atoms with Crippen LogP contribution in [0, 0.1) is 12.7 Å². The first-order valence-electron chi connectivity index (χ1n) is 10.0. The molecule has 0 atom stereocenters. The third kappa shape index (κ3) is 4.81. The van der Waals surface area contributed by atoms with Crippen molar-refractivity contribution in [3.63, 3.8) is 0 Å². The number of benzene rings is 2. The summed E-state index contributed by atoms with van der Waals surface area (Å²) < 4.78 is 19.1. The standard InChI is InChI=1S/C25H23FN2O2S/c1-17-5-7-18(8-6-17)24-20(14-19-9-10-21(26)15-22(19)27-24)16-28(11-12-30-2)25(29)23-4-3-13-31-23/h3-10,13-15H,11-12,16H2,1-2H3. The topological polar surface area (TPSA) is 42.4 Å². The Morgan fingerprint density at radius 3 is 2.65 bits per heavy atom. The fourth-order valence-electron chi connectivity index (χ4n) is 3.48. The van der Waals surface area contributed by atoms with Crippen molar-refractivity contribution in [2.75, 3.05) is 20.3 Å². The van der Waals surface area contributed by atoms with E-state index in [9.17, 15) is 9.18 Å². The number of fused-ring (bicyclic) bond motifs is 1. The number of carbonyl (C=O) groups is 1. The van der Waals surface area contributed by atoms with E-state index in [-0.39, 0.29) is 11.7 Å². The summed E-state index contributed by atoms with van der Waals surface area (Å²) in [6.45, 7) is 3.30. The maximum Gasteiger partial charge on any atom is 0.264 e. The van der Waals surface area contributed by atoms with E-state index < -0.39 is 0 Å². The van der Waals surface area contributed by atoms with Gasteiger partial charge in [0.2, 0.25) is 0 Å². The molecule has 0 radical (unpaired) electrons. The molecule has 4 aromatic rings. The largest absolute Gasteiger partial charge is 0.383 e. The third-order valence-corrected chi connectivity index (χ3v) is 5.99. The molecule has 0 saturated heterocycles. The van der Waals surface area contributed by atoms with Crippen LogP contribution in [-0.4, -0.2) is 36.1 Å². The Bertz CT molecular complexity index is 1190. The van der Waals surface area contributed by atoms with E-state index in [2.05, 4.69) is 0 Å². The normalized spacial score (nSPS) is 11.1. The summed E-state index contributed by atoms with van der Waals surface area (Å²) in [7, 11) is 1.62. The molecule has 0 unspecified atom stereocenters. The van der Waals surface area contributed by atoms with Gasteiger partial charge in [0.25, 0.3) is 5.91 Å². The highest BCUT2D eigenvalue weighted by atomic mass is 32.1. The third-order valence-electron chi connectivity index (χ3n) is 5.13. The van der Waals surface area contributed by atoms with E-state index in [0.717, 1.165) is 27.8 Å². The van der Waals surface area contributed by atoms with Crippen molar-refractivity contribution in [1.82, 2.24) is 9.88 Å². The van der Waals surface area contributed by atoms with Crippen molar-refractivity contribution >= 4 is 28.1 Å². The minimum absolute atomic E-state index is 0.0406. The monoisotopic (exact) mass is 434 g/mol. The summed E-state index contributed by atoms with van der Waals surface area (Å²) >= 11 is 1.42. The number of hydrogen-bond acceptors (Lipinski definition) is 4. The lowest BCUT2D eigenvalue weighted by molar-refractivity contribution is 0.0685. The van der Waals surface area contributed by atoms with Crippen molar-refractivity contribution < 1.29 is 13.9 Å². The number of aromatic nitrogens is 1. The van der Waals surface area contributed by atoms with E-state index in [0.29, 0.717) is 30.1 Å². The molecule has 0 bridgehead atoms. The van der Waals surface area contributed by atoms with Crippen molar-refractivity contribution in [2.45, 2.75) is 13.5 Å². The molecule has 2 aromatic carbocycles. The van der Waals surface area contributed by atoms with Crippen LogP contribution < -0.4 is 0 Å². The lowest BCUT2D eigenvalue weighted by atomic mass is 10.0. The van der Waals surface area contributed by atoms with Crippen LogP contribution in [0.1, 0.15) is 20.8 Å². The average Bonchev–Trinajstić information content (AvgIpc) is 3.31. The Labute approximate surface area is 184 Å². The van der Waals surface area contributed by atoms with Crippen LogP contribution in [0.15, 0.2) is 66.0 Å². The van der Waals surface area contributed by atoms with E-state index in [1.54, 1.807) is 18.1 Å². The number of rotatable bonds is 7. The Balaban J connectivity index is 1.79. The van der Waals surface area contributed by atoms with Gasteiger partial charge in [0.15, 0.2) is 0 Å². The molecule has 0 N–H and O–H groups in total. The predicted octanol–water partition coefficient (Wildman–Crippen LogP) is 5.70. The second kappa shape index (κ2) is 9.37. The molecule has 1 amide bonds. The van der Waals surface area contributed by atoms with Crippen LogP contribution in [0.3, 0.4) is 0 Å². The van der Waals surface area contributed by atoms with Crippen LogP contribution in [-0.2, 0) is 11.3 Å². The molecule has 4 rings (SSSR count). The number of nitrogens with zero attached hydrogens (tertiary/aromatic N) is 2. The molecular formula is C25H23FN2O2S. The summed E-state index contributed by atoms with van der Waals surface area (Å²) in [5.74, 6) is -0.363. The number of halogens is 1. The second-order valence-electron chi connectivity index (χ2n) is 7.40. The zero-order chi connectivity index (χ0) is 21.8. The van der Waals surface area contributed by atoms with Crippen LogP contribution in [0.5, 0.6) is 0 Å². The number of hydrogen-bond donors (Lipinski definition) is 0. The maximum atomic E-state index is 13.8. The van der Waals surface area contributed by atoms with Gasteiger partial charge in [-0.1, -0.05) is 35.9 Å². The Kier molecular flexibility index (Phi) is 6.39. The molecule has 31 heavy (non-hydrogen) atoms. The Morgan fingerprint density at radius 2 is 1.94 bits per heavy atom. The molecule has 2 heterocycles. The summed E-state index contributed by atoms with van der Waals surface area (Å²) in [4.78, 5) is 20.4. The van der Waals surface area contributed by atoms with Gasteiger partial charge < -0.3 is 9.64 Å². The van der Waals surface area contributed by atoms with Gasteiger partial charge in [0.1, 0.15) is 5.82 Å². The summed E-state index contributed by atoms with van der Waals surface area (Å²) in [5, 5.41) is 2.73. The lowest BCUT2D eigenvalue weighted by Crippen LogP contribution is -2.33. The van der Waals surface area contributed by atoms with Gasteiger partial charge in [-0.2, -0.15) is 0 Å². The first-order chi connectivity index (χ1) is 15.0.